The molecule has 1 atom stereocenters. The molecular weight excluding hydrogens is 332 g/mol. The zero-order chi connectivity index (χ0) is 18.6. The van der Waals surface area contributed by atoms with Crippen LogP contribution in [0.25, 0.3) is 0 Å². The predicted molar refractivity (Wildman–Crippen MR) is 96.8 cm³/mol. The van der Waals surface area contributed by atoms with E-state index in [4.69, 9.17) is 11.2 Å². The van der Waals surface area contributed by atoms with E-state index >= 15 is 0 Å². The third kappa shape index (κ3) is 3.85. The van der Waals surface area contributed by atoms with Crippen LogP contribution in [0.15, 0.2) is 34.5 Å². The quantitative estimate of drug-likeness (QED) is 0.727. The minimum Gasteiger partial charge on any atom is -0.495 e. The summed E-state index contributed by atoms with van der Waals surface area (Å²) >= 11 is 0. The van der Waals surface area contributed by atoms with Gasteiger partial charge in [0.1, 0.15) is 11.8 Å². The van der Waals surface area contributed by atoms with Crippen molar-refractivity contribution in [2.75, 3.05) is 18.6 Å². The van der Waals surface area contributed by atoms with Crippen LogP contribution in [-0.2, 0) is 9.59 Å². The number of methoxy groups -OCH3 is 1. The number of hydrogen-bond donors (Lipinski definition) is 1. The number of benzene rings is 1. The Morgan fingerprint density at radius 1 is 1.42 bits per heavy atom. The van der Waals surface area contributed by atoms with Crippen molar-refractivity contribution in [3.05, 3.63) is 24.3 Å². The van der Waals surface area contributed by atoms with Crippen LogP contribution in [0.3, 0.4) is 0 Å². The molecule has 1 saturated heterocycles. The average Bonchev–Trinajstić information content (AvgIpc) is 3.36. The Bertz CT molecular complexity index is 762. The third-order valence-electron chi connectivity index (χ3n) is 4.72. The van der Waals surface area contributed by atoms with Gasteiger partial charge in [-0.1, -0.05) is 12.1 Å². The van der Waals surface area contributed by atoms with Gasteiger partial charge in [0.05, 0.1) is 12.8 Å². The number of ether oxygens (including phenoxy) is 1. The molecule has 2 aliphatic rings. The van der Waals surface area contributed by atoms with Crippen LogP contribution >= 0.6 is 0 Å². The van der Waals surface area contributed by atoms with Crippen LogP contribution in [-0.4, -0.2) is 37.2 Å². The van der Waals surface area contributed by atoms with Crippen LogP contribution in [0.4, 0.5) is 5.69 Å². The lowest BCUT2D eigenvalue weighted by atomic mass is 10.0. The minimum absolute atomic E-state index is 0.120. The zero-order valence-corrected chi connectivity index (χ0v) is 14.8. The van der Waals surface area contributed by atoms with Crippen LogP contribution in [0.2, 0.25) is 0 Å². The molecule has 0 spiro atoms. The molecule has 2 amide bonds. The second-order valence-electron chi connectivity index (χ2n) is 6.46. The maximum atomic E-state index is 12.7. The summed E-state index contributed by atoms with van der Waals surface area (Å²) in [5.41, 5.74) is 0.243. The highest BCUT2D eigenvalue weighted by Gasteiger charge is 2.40. The van der Waals surface area contributed by atoms with Crippen molar-refractivity contribution in [3.8, 4) is 18.1 Å². The van der Waals surface area contributed by atoms with Gasteiger partial charge < -0.3 is 15.0 Å². The van der Waals surface area contributed by atoms with E-state index in [0.29, 0.717) is 38.0 Å². The van der Waals surface area contributed by atoms with E-state index in [1.165, 1.54) is 0 Å². The SMILES string of the molecule is C#CCCC1(CCC(=O)NC2CCN(c3ccccc3OC)C2=O)N=N1. The largest absolute Gasteiger partial charge is 0.495 e. The molecule has 7 heteroatoms. The molecule has 26 heavy (non-hydrogen) atoms. The number of nitrogens with zero attached hydrogens (tertiary/aromatic N) is 3. The smallest absolute Gasteiger partial charge is 0.249 e. The van der Waals surface area contributed by atoms with Crippen molar-refractivity contribution >= 4 is 17.5 Å². The molecule has 0 bridgehead atoms. The molecule has 0 aliphatic carbocycles. The highest BCUT2D eigenvalue weighted by molar-refractivity contribution is 6.02. The molecule has 136 valence electrons. The molecule has 1 unspecified atom stereocenters. The zero-order valence-electron chi connectivity index (χ0n) is 14.8. The lowest BCUT2D eigenvalue weighted by molar-refractivity contribution is -0.126. The Morgan fingerprint density at radius 2 is 2.19 bits per heavy atom. The Hall–Kier alpha value is -2.88. The second-order valence-corrected chi connectivity index (χ2v) is 6.46. The van der Waals surface area contributed by atoms with Crippen molar-refractivity contribution in [1.82, 2.24) is 5.32 Å². The number of amides is 2. The second kappa shape index (κ2) is 7.56. The Kier molecular flexibility index (Phi) is 5.21. The molecule has 7 nitrogen and oxygen atoms in total. The Labute approximate surface area is 152 Å². The molecule has 1 N–H and O–H groups in total. The van der Waals surface area contributed by atoms with Crippen molar-refractivity contribution in [2.24, 2.45) is 10.2 Å². The van der Waals surface area contributed by atoms with E-state index in [1.54, 1.807) is 12.0 Å². The summed E-state index contributed by atoms with van der Waals surface area (Å²) in [6, 6.07) is 6.85. The summed E-state index contributed by atoms with van der Waals surface area (Å²) in [4.78, 5) is 26.5. The van der Waals surface area contributed by atoms with Crippen molar-refractivity contribution in [1.29, 1.82) is 0 Å². The number of para-hydroxylation sites is 2. The van der Waals surface area contributed by atoms with Crippen molar-refractivity contribution in [2.45, 2.75) is 43.8 Å². The van der Waals surface area contributed by atoms with Gasteiger partial charge in [0.25, 0.3) is 0 Å². The predicted octanol–water partition coefficient (Wildman–Crippen LogP) is 2.27. The lowest BCUT2D eigenvalue weighted by Crippen LogP contribution is -2.41. The van der Waals surface area contributed by atoms with E-state index in [9.17, 15) is 9.59 Å². The fourth-order valence-electron chi connectivity index (χ4n) is 3.15. The van der Waals surface area contributed by atoms with Gasteiger partial charge in [-0.15, -0.1) is 12.3 Å². The first-order chi connectivity index (χ1) is 12.6. The Morgan fingerprint density at radius 3 is 2.88 bits per heavy atom. The number of nitrogens with one attached hydrogen (secondary N) is 1. The fraction of sp³-hybridized carbons (Fsp3) is 0.474. The molecule has 1 aromatic carbocycles. The fourth-order valence-corrected chi connectivity index (χ4v) is 3.15. The van der Waals surface area contributed by atoms with E-state index in [2.05, 4.69) is 21.5 Å². The number of rotatable bonds is 8. The summed E-state index contributed by atoms with van der Waals surface area (Å²) in [5.74, 6) is 2.92. The summed E-state index contributed by atoms with van der Waals surface area (Å²) in [7, 11) is 1.57. The van der Waals surface area contributed by atoms with Crippen LogP contribution in [0, 0.1) is 12.3 Å². The Balaban J connectivity index is 1.52. The monoisotopic (exact) mass is 354 g/mol. The van der Waals surface area contributed by atoms with Crippen LogP contribution in [0.1, 0.15) is 32.1 Å². The maximum absolute atomic E-state index is 12.7. The molecular formula is C19H22N4O3. The van der Waals surface area contributed by atoms with Gasteiger partial charge in [0.15, 0.2) is 5.66 Å². The van der Waals surface area contributed by atoms with Gasteiger partial charge in [-0.05, 0) is 18.6 Å². The first-order valence-corrected chi connectivity index (χ1v) is 8.70. The van der Waals surface area contributed by atoms with Gasteiger partial charge in [0, 0.05) is 32.2 Å². The van der Waals surface area contributed by atoms with E-state index in [-0.39, 0.29) is 18.2 Å². The van der Waals surface area contributed by atoms with Crippen LogP contribution < -0.4 is 15.0 Å². The third-order valence-corrected chi connectivity index (χ3v) is 4.72. The van der Waals surface area contributed by atoms with Crippen LogP contribution in [0.5, 0.6) is 5.75 Å². The van der Waals surface area contributed by atoms with E-state index in [1.807, 2.05) is 24.3 Å². The number of terminal acetylenes is 1. The van der Waals surface area contributed by atoms with Gasteiger partial charge in [-0.2, -0.15) is 10.2 Å². The highest BCUT2D eigenvalue weighted by Crippen LogP contribution is 2.37. The van der Waals surface area contributed by atoms with Gasteiger partial charge in [-0.3, -0.25) is 9.59 Å². The maximum Gasteiger partial charge on any atom is 0.249 e. The lowest BCUT2D eigenvalue weighted by Gasteiger charge is -2.19. The first kappa shape index (κ1) is 17.9. The molecule has 1 fully saturated rings. The normalized spacial score (nSPS) is 19.9. The number of anilines is 1. The average molecular weight is 354 g/mol. The molecule has 0 aromatic heterocycles. The van der Waals surface area contributed by atoms with E-state index in [0.717, 1.165) is 5.69 Å². The highest BCUT2D eigenvalue weighted by atomic mass is 16.5. The van der Waals surface area contributed by atoms with E-state index < -0.39 is 11.7 Å². The summed E-state index contributed by atoms with van der Waals surface area (Å²) in [6.07, 6.45) is 7.88. The summed E-state index contributed by atoms with van der Waals surface area (Å²) in [6.45, 7) is 0.543. The first-order valence-electron chi connectivity index (χ1n) is 8.70. The summed E-state index contributed by atoms with van der Waals surface area (Å²) < 4.78 is 5.32. The molecule has 0 radical (unpaired) electrons. The van der Waals surface area contributed by atoms with Gasteiger partial charge >= 0.3 is 0 Å². The van der Waals surface area contributed by atoms with Crippen molar-refractivity contribution in [3.63, 3.8) is 0 Å². The summed E-state index contributed by atoms with van der Waals surface area (Å²) in [5, 5.41) is 10.9. The van der Waals surface area contributed by atoms with Gasteiger partial charge in [-0.25, -0.2) is 0 Å². The molecule has 0 saturated carbocycles. The topological polar surface area (TPSA) is 83.4 Å². The number of carbonyl (C=O) groups is 2. The number of carbonyl (C=O) groups excluding carboxylic acids is 2. The van der Waals surface area contributed by atoms with Gasteiger partial charge in [0.2, 0.25) is 11.8 Å². The standard InChI is InChI=1S/C19H22N4O3/c1-3-4-11-19(21-22-19)12-9-17(24)20-14-10-13-23(18(14)25)15-7-5-6-8-16(15)26-2/h1,5-8,14H,4,9-13H2,2H3,(H,20,24). The molecule has 2 heterocycles. The minimum atomic E-state index is -0.512. The number of hydrogen-bond acceptors (Lipinski definition) is 5. The van der Waals surface area contributed by atoms with Crippen molar-refractivity contribution < 1.29 is 14.3 Å². The molecule has 3 rings (SSSR count). The molecule has 1 aromatic rings. The molecule has 2 aliphatic heterocycles.